The molecule has 0 bridgehead atoms. The Morgan fingerprint density at radius 2 is 2.50 bits per heavy atom. The summed E-state index contributed by atoms with van der Waals surface area (Å²) in [5.74, 6) is -0.238. The first kappa shape index (κ1) is 8.84. The Kier molecular flexibility index (Phi) is 2.91. The van der Waals surface area contributed by atoms with Gasteiger partial charge >= 0.3 is 5.97 Å². The second-order valence-corrected chi connectivity index (χ2v) is 2.57. The van der Waals surface area contributed by atoms with Crippen LogP contribution in [0.1, 0.15) is 13.3 Å². The highest BCUT2D eigenvalue weighted by Crippen LogP contribution is 2.12. The van der Waals surface area contributed by atoms with Crippen molar-refractivity contribution < 1.29 is 9.53 Å². The quantitative estimate of drug-likeness (QED) is 0.580. The normalized spacial score (nSPS) is 15.8. The van der Waals surface area contributed by atoms with Crippen LogP contribution in [0.3, 0.4) is 0 Å². The zero-order valence-electron chi connectivity index (χ0n) is 7.41. The van der Waals surface area contributed by atoms with E-state index in [1.165, 1.54) is 7.11 Å². The van der Waals surface area contributed by atoms with E-state index in [-0.39, 0.29) is 5.97 Å². The number of hydrogen-bond donors (Lipinski definition) is 0. The van der Waals surface area contributed by atoms with E-state index >= 15 is 0 Å². The molecule has 3 nitrogen and oxygen atoms in total. The minimum Gasteiger partial charge on any atom is -0.466 e. The van der Waals surface area contributed by atoms with Crippen molar-refractivity contribution in [2.75, 3.05) is 13.7 Å². The lowest BCUT2D eigenvalue weighted by atomic mass is 10.1. The van der Waals surface area contributed by atoms with Crippen LogP contribution >= 0.6 is 0 Å². The van der Waals surface area contributed by atoms with Crippen LogP contribution in [0.2, 0.25) is 0 Å². The molecule has 12 heavy (non-hydrogen) atoms. The minimum atomic E-state index is -0.238. The van der Waals surface area contributed by atoms with Gasteiger partial charge < -0.3 is 9.64 Å². The number of allylic oxidation sites excluding steroid dienone is 1. The smallest absolute Gasteiger partial charge is 0.335 e. The van der Waals surface area contributed by atoms with Crippen molar-refractivity contribution in [2.24, 2.45) is 0 Å². The van der Waals surface area contributed by atoms with Crippen LogP contribution in [-0.2, 0) is 9.53 Å². The van der Waals surface area contributed by atoms with Gasteiger partial charge in [-0.3, -0.25) is 0 Å². The van der Waals surface area contributed by atoms with Crippen molar-refractivity contribution in [1.29, 1.82) is 0 Å². The van der Waals surface area contributed by atoms with E-state index < -0.39 is 0 Å². The summed E-state index contributed by atoms with van der Waals surface area (Å²) in [6, 6.07) is 0. The third-order valence-electron chi connectivity index (χ3n) is 1.77. The Balaban J connectivity index is 2.66. The van der Waals surface area contributed by atoms with Crippen molar-refractivity contribution in [3.8, 4) is 0 Å². The zero-order chi connectivity index (χ0) is 8.97. The van der Waals surface area contributed by atoms with Crippen LogP contribution < -0.4 is 0 Å². The third-order valence-corrected chi connectivity index (χ3v) is 1.77. The number of esters is 1. The van der Waals surface area contributed by atoms with E-state index in [1.807, 2.05) is 30.3 Å². The molecule has 0 spiro atoms. The summed E-state index contributed by atoms with van der Waals surface area (Å²) in [4.78, 5) is 13.0. The highest BCUT2D eigenvalue weighted by atomic mass is 16.5. The van der Waals surface area contributed by atoms with E-state index in [0.29, 0.717) is 12.0 Å². The maximum atomic E-state index is 11.1. The largest absolute Gasteiger partial charge is 0.466 e. The van der Waals surface area contributed by atoms with Gasteiger partial charge in [0.2, 0.25) is 0 Å². The number of rotatable bonds is 2. The van der Waals surface area contributed by atoms with Crippen molar-refractivity contribution in [3.05, 3.63) is 24.0 Å². The van der Waals surface area contributed by atoms with Crippen molar-refractivity contribution >= 4 is 5.97 Å². The maximum absolute atomic E-state index is 11.1. The van der Waals surface area contributed by atoms with Crippen LogP contribution in [0, 0.1) is 0 Å². The van der Waals surface area contributed by atoms with Gasteiger partial charge in [-0.05, 0) is 13.1 Å². The fraction of sp³-hybridized carbons (Fsp3) is 0.444. The molecule has 1 heterocycles. The molecule has 1 aliphatic rings. The highest BCUT2D eigenvalue weighted by molar-refractivity contribution is 5.88. The summed E-state index contributed by atoms with van der Waals surface area (Å²) in [6.45, 7) is 2.90. The van der Waals surface area contributed by atoms with Gasteiger partial charge in [-0.1, -0.05) is 6.08 Å². The number of nitrogens with zero attached hydrogens (tertiary/aromatic N) is 1. The Labute approximate surface area is 72.3 Å². The molecule has 0 aromatic heterocycles. The summed E-state index contributed by atoms with van der Waals surface area (Å²) < 4.78 is 4.61. The van der Waals surface area contributed by atoms with Gasteiger partial charge in [0.1, 0.15) is 0 Å². The fourth-order valence-corrected chi connectivity index (χ4v) is 1.07. The van der Waals surface area contributed by atoms with Gasteiger partial charge in [-0.15, -0.1) is 0 Å². The minimum absolute atomic E-state index is 0.238. The van der Waals surface area contributed by atoms with Crippen molar-refractivity contribution in [3.63, 3.8) is 0 Å². The second-order valence-electron chi connectivity index (χ2n) is 2.57. The van der Waals surface area contributed by atoms with Crippen LogP contribution in [0.5, 0.6) is 0 Å². The lowest BCUT2D eigenvalue weighted by Gasteiger charge is -2.18. The van der Waals surface area contributed by atoms with Gasteiger partial charge in [-0.25, -0.2) is 4.79 Å². The number of carbonyl (C=O) groups is 1. The lowest BCUT2D eigenvalue weighted by Crippen LogP contribution is -2.16. The zero-order valence-corrected chi connectivity index (χ0v) is 7.41. The lowest BCUT2D eigenvalue weighted by molar-refractivity contribution is -0.136. The molecule has 0 aromatic rings. The molecule has 1 rings (SSSR count). The average molecular weight is 167 g/mol. The van der Waals surface area contributed by atoms with E-state index in [2.05, 4.69) is 4.74 Å². The molecule has 66 valence electrons. The Morgan fingerprint density at radius 3 is 3.08 bits per heavy atom. The van der Waals surface area contributed by atoms with Crippen LogP contribution in [0.4, 0.5) is 0 Å². The van der Waals surface area contributed by atoms with Gasteiger partial charge in [-0.2, -0.15) is 0 Å². The van der Waals surface area contributed by atoms with Gasteiger partial charge in [0, 0.05) is 19.2 Å². The summed E-state index contributed by atoms with van der Waals surface area (Å²) in [5, 5.41) is 0. The van der Waals surface area contributed by atoms with Gasteiger partial charge in [0.05, 0.1) is 12.7 Å². The molecule has 0 unspecified atom stereocenters. The van der Waals surface area contributed by atoms with Crippen molar-refractivity contribution in [1.82, 2.24) is 4.90 Å². The Bertz CT molecular complexity index is 231. The molecule has 0 saturated carbocycles. The molecule has 1 aliphatic heterocycles. The summed E-state index contributed by atoms with van der Waals surface area (Å²) in [6.07, 6.45) is 6.41. The van der Waals surface area contributed by atoms with E-state index in [0.717, 1.165) is 6.54 Å². The molecular weight excluding hydrogens is 154 g/mol. The molecule has 0 amide bonds. The first-order valence-electron chi connectivity index (χ1n) is 3.99. The topological polar surface area (TPSA) is 29.5 Å². The average Bonchev–Trinajstić information content (AvgIpc) is 2.17. The van der Waals surface area contributed by atoms with Crippen LogP contribution in [0.25, 0.3) is 0 Å². The monoisotopic (exact) mass is 167 g/mol. The first-order chi connectivity index (χ1) is 5.77. The summed E-state index contributed by atoms with van der Waals surface area (Å²) in [5.41, 5.74) is 0.710. The molecule has 3 heteroatoms. The standard InChI is InChI=1S/C9H13NO2/c1-3-10-6-4-5-8(7-10)9(11)12-2/h4,6-7H,3,5H2,1-2H3. The molecule has 0 aliphatic carbocycles. The molecule has 0 saturated heterocycles. The van der Waals surface area contributed by atoms with E-state index in [1.54, 1.807) is 0 Å². The van der Waals surface area contributed by atoms with Crippen LogP contribution in [0.15, 0.2) is 24.0 Å². The second kappa shape index (κ2) is 3.95. The molecule has 0 radical (unpaired) electrons. The predicted molar refractivity (Wildman–Crippen MR) is 46.2 cm³/mol. The number of methoxy groups -OCH3 is 1. The van der Waals surface area contributed by atoms with E-state index in [9.17, 15) is 4.79 Å². The van der Waals surface area contributed by atoms with Gasteiger partial charge in [0.15, 0.2) is 0 Å². The molecular formula is C9H13NO2. The van der Waals surface area contributed by atoms with Gasteiger partial charge in [0.25, 0.3) is 0 Å². The molecule has 0 fully saturated rings. The third kappa shape index (κ3) is 1.87. The van der Waals surface area contributed by atoms with Crippen LogP contribution in [-0.4, -0.2) is 24.5 Å². The fourth-order valence-electron chi connectivity index (χ4n) is 1.07. The number of ether oxygens (including phenoxy) is 1. The Morgan fingerprint density at radius 1 is 1.75 bits per heavy atom. The molecule has 0 aromatic carbocycles. The SMILES string of the molecule is CCN1C=CCC(C(=O)OC)=C1. The summed E-state index contributed by atoms with van der Waals surface area (Å²) in [7, 11) is 1.40. The predicted octanol–water partition coefficient (Wildman–Crippen LogP) is 1.28. The Hall–Kier alpha value is -1.25. The molecule has 0 N–H and O–H groups in total. The van der Waals surface area contributed by atoms with Crippen molar-refractivity contribution in [2.45, 2.75) is 13.3 Å². The highest BCUT2D eigenvalue weighted by Gasteiger charge is 2.11. The number of hydrogen-bond acceptors (Lipinski definition) is 3. The molecule has 0 atom stereocenters. The summed E-state index contributed by atoms with van der Waals surface area (Å²) >= 11 is 0. The van der Waals surface area contributed by atoms with E-state index in [4.69, 9.17) is 0 Å². The maximum Gasteiger partial charge on any atom is 0.335 e. The first-order valence-corrected chi connectivity index (χ1v) is 3.99. The number of carbonyl (C=O) groups excluding carboxylic acids is 1.